The molecule has 516 valence electrons. The van der Waals surface area contributed by atoms with Gasteiger partial charge in [-0.15, -0.1) is 11.3 Å². The molecule has 0 radical (unpaired) electrons. The van der Waals surface area contributed by atoms with Crippen LogP contribution in [0.2, 0.25) is 5.02 Å². The minimum absolute atomic E-state index is 0.0275. The molecule has 3 amide bonds. The Kier molecular flexibility index (Phi) is 23.5. The van der Waals surface area contributed by atoms with Crippen LogP contribution < -0.4 is 40.0 Å². The van der Waals surface area contributed by atoms with Gasteiger partial charge < -0.3 is 63.7 Å². The highest BCUT2D eigenvalue weighted by Gasteiger charge is 2.33. The number of likely N-dealkylation sites (N-methyl/N-ethyl adjacent to an activating group) is 1. The molecule has 8 aromatic rings. The van der Waals surface area contributed by atoms with E-state index >= 15 is 0 Å². The molecular weight excluding hydrogens is 1330 g/mol. The maximum absolute atomic E-state index is 14.5. The summed E-state index contributed by atoms with van der Waals surface area (Å²) in [6.45, 7) is 10.8. The number of nitrogens with zero attached hydrogens (tertiary/aromatic N) is 7. The number of carbonyl (C=O) groups is 4. The molecule has 29 heteroatoms. The fourth-order valence-corrected chi connectivity index (χ4v) is 13.3. The number of benzene rings is 5. The summed E-state index contributed by atoms with van der Waals surface area (Å²) in [5.41, 5.74) is 4.65. The number of nitrogens with one attached hydrogen (secondary N) is 3. The first kappa shape index (κ1) is 71.4. The molecule has 3 atom stereocenters. The maximum atomic E-state index is 14.5. The largest absolute Gasteiger partial charge is 0.546 e. The number of fused-ring (bicyclic) bond motifs is 1. The van der Waals surface area contributed by atoms with E-state index in [0.29, 0.717) is 132 Å². The van der Waals surface area contributed by atoms with Crippen molar-refractivity contribution in [2.75, 3.05) is 78.6 Å². The Balaban J connectivity index is 0.761. The van der Waals surface area contributed by atoms with Crippen molar-refractivity contribution in [1.82, 2.24) is 40.7 Å². The smallest absolute Gasteiger partial charge is 0.295 e. The number of ether oxygens (including phenoxy) is 5. The van der Waals surface area contributed by atoms with Gasteiger partial charge in [-0.3, -0.25) is 23.8 Å². The van der Waals surface area contributed by atoms with Gasteiger partial charge in [0.2, 0.25) is 23.6 Å². The number of hydroxylamine groups is 2. The van der Waals surface area contributed by atoms with Crippen LogP contribution in [0.4, 0.5) is 10.1 Å². The molecule has 25 nitrogen and oxygen atoms in total. The van der Waals surface area contributed by atoms with Gasteiger partial charge in [0, 0.05) is 65.6 Å². The van der Waals surface area contributed by atoms with Crippen LogP contribution in [0.5, 0.6) is 23.1 Å². The van der Waals surface area contributed by atoms with E-state index in [-0.39, 0.29) is 68.2 Å². The number of hydrogen-bond donors (Lipinski definition) is 4. The molecule has 4 N–H and O–H groups in total. The van der Waals surface area contributed by atoms with Crippen molar-refractivity contribution < 1.29 is 79.5 Å². The van der Waals surface area contributed by atoms with Gasteiger partial charge in [0.05, 0.1) is 74.6 Å². The summed E-state index contributed by atoms with van der Waals surface area (Å²) >= 11 is 8.49. The number of para-hydroxylation sites is 2. The maximum Gasteiger partial charge on any atom is 0.295 e. The molecule has 2 aliphatic rings. The van der Waals surface area contributed by atoms with E-state index in [4.69, 9.17) is 49.9 Å². The summed E-state index contributed by atoms with van der Waals surface area (Å²) in [5.74, 6) is -2.19. The number of halogens is 2. The molecule has 5 aromatic carbocycles. The number of carboxylic acid groups (broad SMARTS) is 1. The molecule has 3 aromatic heterocycles. The average Bonchev–Trinajstić information content (AvgIpc) is 1.56. The quantitative estimate of drug-likeness (QED) is 0.0181. The summed E-state index contributed by atoms with van der Waals surface area (Å²) < 4.78 is 81.1. The van der Waals surface area contributed by atoms with Crippen LogP contribution in [-0.4, -0.2) is 163 Å². The van der Waals surface area contributed by atoms with E-state index in [1.165, 1.54) is 66.6 Å². The Labute approximate surface area is 574 Å². The van der Waals surface area contributed by atoms with Crippen LogP contribution in [0.1, 0.15) is 49.6 Å². The lowest BCUT2D eigenvalue weighted by molar-refractivity contribution is -0.926. The van der Waals surface area contributed by atoms with Gasteiger partial charge >= 0.3 is 0 Å². The zero-order valence-electron chi connectivity index (χ0n) is 54.6. The lowest BCUT2D eigenvalue weighted by Crippen LogP contribution is -2.57. The SMILES string of the molecule is COc1ccccc1-c1nccc(COc2ccccc2C[C@@H](Oc2ncnc3sc(-c4ccc(F)cc4)c(-c4ccc(OCCN5CC[N+](C)(Cc6ccc(NC(=O)[C@H](C)NC(=O)[C@@H](NC(=O)CCOCCN7OC=CO7)C(C)C)cc6S(=O)(=O)O)CC5)c(Cl)c4C)c23)C(=O)[O-])n1. The molecule has 2 aliphatic heterocycles. The number of methoxy groups -OCH3 is 1. The number of aliphatic carboxylic acids is 1. The summed E-state index contributed by atoms with van der Waals surface area (Å²) in [5, 5.41) is 23.0. The zero-order chi connectivity index (χ0) is 69.7. The van der Waals surface area contributed by atoms with Gasteiger partial charge in [-0.1, -0.05) is 74.0 Å². The van der Waals surface area contributed by atoms with Crippen LogP contribution in [0.3, 0.4) is 0 Å². The van der Waals surface area contributed by atoms with Crippen LogP contribution >= 0.6 is 22.9 Å². The molecular formula is C69H74ClFN10O15S2. The summed E-state index contributed by atoms with van der Waals surface area (Å²) in [7, 11) is -1.21. The standard InChI is InChI=1S/C69H74ClFN10O15S2/c1-42(2)62(78-58(82)24-32-91-33-29-80-94-35-36-95-80)66(84)75-44(4)65(83)77-49-20-17-47(57(38-49)98(87,88)89)39-81(5)30-26-79(27-31-81)28-34-92-55-22-21-51(43(3)61(55)70)59-60-67(73-41-74-68(60)97-63(59)45-15-18-48(71)19-16-45)96-56(69(85)86)37-46-11-7-9-13-53(46)93-40-50-23-25-72-64(76-50)52-12-8-10-14-54(52)90-6/h7-23,25,35-36,38,41-42,44,56,62H,24,26-34,37,39-40H2,1-6H3,(H4-,75,77,78,82,83,84,85,86,87,88,89)/t44-,56+,62-/m0/s1. The monoisotopic (exact) mass is 1400 g/mol. The normalized spacial score (nSPS) is 14.8. The third-order valence-electron chi connectivity index (χ3n) is 16.6. The van der Waals surface area contributed by atoms with Crippen LogP contribution in [0, 0.1) is 18.7 Å². The third-order valence-corrected chi connectivity index (χ3v) is 19.1. The number of anilines is 1. The predicted octanol–water partition coefficient (Wildman–Crippen LogP) is 8.14. The number of thiophene rings is 1. The summed E-state index contributed by atoms with van der Waals surface area (Å²) in [6.07, 6.45) is 3.86. The molecule has 0 saturated carbocycles. The Morgan fingerprint density at radius 3 is 2.29 bits per heavy atom. The second-order valence-corrected chi connectivity index (χ2v) is 26.7. The molecule has 5 heterocycles. The Morgan fingerprint density at radius 1 is 0.827 bits per heavy atom. The number of quaternary nitrogens is 1. The molecule has 1 fully saturated rings. The number of hydrogen-bond acceptors (Lipinski definition) is 21. The lowest BCUT2D eigenvalue weighted by atomic mass is 9.96. The number of amides is 3. The second kappa shape index (κ2) is 32.3. The van der Waals surface area contributed by atoms with E-state index in [1.54, 1.807) is 81.8 Å². The molecule has 0 unspecified atom stereocenters. The van der Waals surface area contributed by atoms with Crippen molar-refractivity contribution in [2.24, 2.45) is 5.92 Å². The number of carboxylic acids is 1. The van der Waals surface area contributed by atoms with E-state index in [2.05, 4.69) is 35.8 Å². The highest BCUT2D eigenvalue weighted by molar-refractivity contribution is 7.85. The number of carbonyl (C=O) groups excluding carboxylic acids is 4. The first-order chi connectivity index (χ1) is 47.0. The predicted molar refractivity (Wildman–Crippen MR) is 360 cm³/mol. The van der Waals surface area contributed by atoms with E-state index < -0.39 is 57.8 Å². The number of aromatic nitrogens is 4. The number of rotatable bonds is 31. The van der Waals surface area contributed by atoms with Crippen molar-refractivity contribution in [3.05, 3.63) is 167 Å². The summed E-state index contributed by atoms with van der Waals surface area (Å²) in [6, 6.07) is 27.8. The van der Waals surface area contributed by atoms with Crippen molar-refractivity contribution in [3.63, 3.8) is 0 Å². The van der Waals surface area contributed by atoms with Gasteiger partial charge in [0.25, 0.3) is 10.1 Å². The van der Waals surface area contributed by atoms with Crippen molar-refractivity contribution in [1.29, 1.82) is 0 Å². The van der Waals surface area contributed by atoms with Crippen LogP contribution in [0.25, 0.3) is 43.2 Å². The first-order valence-electron chi connectivity index (χ1n) is 31.4. The lowest BCUT2D eigenvalue weighted by Gasteiger charge is -2.42. The Hall–Kier alpha value is -9.39. The van der Waals surface area contributed by atoms with E-state index in [0.717, 1.165) is 0 Å². The minimum atomic E-state index is -4.78. The number of piperazine rings is 1. The molecule has 0 spiro atoms. The van der Waals surface area contributed by atoms with E-state index in [1.807, 2.05) is 44.3 Å². The molecule has 0 aliphatic carbocycles. The van der Waals surface area contributed by atoms with Crippen molar-refractivity contribution in [2.45, 2.75) is 76.8 Å². The fourth-order valence-electron chi connectivity index (χ4n) is 11.2. The molecule has 1 saturated heterocycles. The van der Waals surface area contributed by atoms with Crippen LogP contribution in [0.15, 0.2) is 139 Å². The third kappa shape index (κ3) is 18.0. The van der Waals surface area contributed by atoms with Gasteiger partial charge in [-0.2, -0.15) is 8.42 Å². The first-order valence-corrected chi connectivity index (χ1v) is 34.1. The molecule has 98 heavy (non-hydrogen) atoms. The zero-order valence-corrected chi connectivity index (χ0v) is 57.0. The Morgan fingerprint density at radius 2 is 1.56 bits per heavy atom. The van der Waals surface area contributed by atoms with E-state index in [9.17, 15) is 41.6 Å². The fraction of sp³-hybridized carbons (Fsp3) is 0.333. The van der Waals surface area contributed by atoms with Gasteiger partial charge in [0.1, 0.15) is 77.1 Å². The highest BCUT2D eigenvalue weighted by atomic mass is 35.5. The second-order valence-electron chi connectivity index (χ2n) is 23.9. The van der Waals surface area contributed by atoms with Crippen molar-refractivity contribution in [3.8, 4) is 56.1 Å². The molecule has 10 rings (SSSR count). The van der Waals surface area contributed by atoms with Crippen LogP contribution in [-0.2, 0) is 63.3 Å². The van der Waals surface area contributed by atoms with Gasteiger partial charge in [0.15, 0.2) is 18.3 Å². The topological polar surface area (TPSA) is 304 Å². The van der Waals surface area contributed by atoms with Gasteiger partial charge in [-0.05, 0) is 103 Å². The summed E-state index contributed by atoms with van der Waals surface area (Å²) in [4.78, 5) is 83.8. The average molecular weight is 1400 g/mol. The van der Waals surface area contributed by atoms with Crippen molar-refractivity contribution >= 4 is 72.7 Å². The minimum Gasteiger partial charge on any atom is -0.546 e. The van der Waals surface area contributed by atoms with Gasteiger partial charge in [-0.25, -0.2) is 24.3 Å². The molecule has 0 bridgehead atoms. The highest BCUT2D eigenvalue weighted by Crippen LogP contribution is 2.50. The Bertz CT molecular complexity index is 4320.